The Balaban J connectivity index is 1.56. The zero-order valence-electron chi connectivity index (χ0n) is 13.4. The number of nitrogens with zero attached hydrogens (tertiary/aromatic N) is 1. The molecule has 4 rings (SSSR count). The van der Waals surface area contributed by atoms with Gasteiger partial charge in [0.05, 0.1) is 17.5 Å². The lowest BCUT2D eigenvalue weighted by atomic mass is 10.1. The number of rotatable bonds is 3. The summed E-state index contributed by atoms with van der Waals surface area (Å²) in [6, 6.07) is 9.79. The van der Waals surface area contributed by atoms with Crippen LogP contribution in [0, 0.1) is 0 Å². The molecule has 0 bridgehead atoms. The Bertz CT molecular complexity index is 969. The van der Waals surface area contributed by atoms with Crippen molar-refractivity contribution in [1.82, 2.24) is 0 Å². The molecule has 0 unspecified atom stereocenters. The van der Waals surface area contributed by atoms with E-state index < -0.39 is 16.0 Å². The van der Waals surface area contributed by atoms with Crippen molar-refractivity contribution in [3.63, 3.8) is 0 Å². The quantitative estimate of drug-likeness (QED) is 0.614. The maximum Gasteiger partial charge on any atom is 0.343 e. The summed E-state index contributed by atoms with van der Waals surface area (Å²) < 4.78 is 40.7. The van der Waals surface area contributed by atoms with Gasteiger partial charge in [-0.2, -0.15) is 0 Å². The fourth-order valence-corrected chi connectivity index (χ4v) is 3.91. The van der Waals surface area contributed by atoms with E-state index in [9.17, 15) is 13.2 Å². The molecule has 2 aliphatic rings. The van der Waals surface area contributed by atoms with Crippen LogP contribution in [-0.2, 0) is 16.4 Å². The lowest BCUT2D eigenvalue weighted by Gasteiger charge is -2.16. The van der Waals surface area contributed by atoms with E-state index in [0.717, 1.165) is 5.56 Å². The standard InChI is InChI=1S/C17H15NO6S/c1-25(20,21)18-7-6-11-8-12(2-4-14(11)18)17(19)24-13-3-5-15-16(9-13)23-10-22-15/h2-5,8-9H,6-7,10H2,1H3. The highest BCUT2D eigenvalue weighted by Crippen LogP contribution is 2.35. The number of esters is 1. The van der Waals surface area contributed by atoms with E-state index in [2.05, 4.69) is 0 Å². The van der Waals surface area contributed by atoms with Crippen LogP contribution in [0.1, 0.15) is 15.9 Å². The lowest BCUT2D eigenvalue weighted by Crippen LogP contribution is -2.27. The number of sulfonamides is 1. The highest BCUT2D eigenvalue weighted by Gasteiger charge is 2.27. The fraction of sp³-hybridized carbons (Fsp3) is 0.235. The minimum Gasteiger partial charge on any atom is -0.454 e. The van der Waals surface area contributed by atoms with Crippen LogP contribution in [0.5, 0.6) is 17.2 Å². The summed E-state index contributed by atoms with van der Waals surface area (Å²) in [6.45, 7) is 0.531. The molecule has 0 saturated heterocycles. The third kappa shape index (κ3) is 2.89. The van der Waals surface area contributed by atoms with Crippen molar-refractivity contribution in [2.75, 3.05) is 23.9 Å². The summed E-state index contributed by atoms with van der Waals surface area (Å²) >= 11 is 0. The molecule has 2 aliphatic heterocycles. The predicted molar refractivity (Wildman–Crippen MR) is 89.9 cm³/mol. The maximum atomic E-state index is 12.4. The van der Waals surface area contributed by atoms with Crippen LogP contribution in [-0.4, -0.2) is 34.0 Å². The molecule has 2 aromatic carbocycles. The van der Waals surface area contributed by atoms with Gasteiger partial charge in [-0.1, -0.05) is 0 Å². The first kappa shape index (κ1) is 15.8. The maximum absolute atomic E-state index is 12.4. The number of carbonyl (C=O) groups is 1. The topological polar surface area (TPSA) is 82.1 Å². The third-order valence-corrected chi connectivity index (χ3v) is 5.30. The number of anilines is 1. The molecule has 0 N–H and O–H groups in total. The van der Waals surface area contributed by atoms with Gasteiger partial charge < -0.3 is 14.2 Å². The molecule has 0 fully saturated rings. The van der Waals surface area contributed by atoms with Crippen LogP contribution in [0.2, 0.25) is 0 Å². The first-order valence-electron chi connectivity index (χ1n) is 7.64. The zero-order valence-corrected chi connectivity index (χ0v) is 14.2. The van der Waals surface area contributed by atoms with Gasteiger partial charge in [-0.25, -0.2) is 13.2 Å². The summed E-state index contributed by atoms with van der Waals surface area (Å²) in [5, 5.41) is 0. The molecule has 0 spiro atoms. The van der Waals surface area contributed by atoms with Gasteiger partial charge in [0.15, 0.2) is 11.5 Å². The van der Waals surface area contributed by atoms with Crippen molar-refractivity contribution in [3.8, 4) is 17.2 Å². The molecular weight excluding hydrogens is 346 g/mol. The van der Waals surface area contributed by atoms with Crippen molar-refractivity contribution in [1.29, 1.82) is 0 Å². The van der Waals surface area contributed by atoms with Gasteiger partial charge in [-0.3, -0.25) is 4.31 Å². The Hall–Kier alpha value is -2.74. The summed E-state index contributed by atoms with van der Waals surface area (Å²) in [7, 11) is -3.31. The molecule has 0 saturated carbocycles. The average molecular weight is 361 g/mol. The van der Waals surface area contributed by atoms with Gasteiger partial charge in [0, 0.05) is 12.6 Å². The molecule has 0 atom stereocenters. The van der Waals surface area contributed by atoms with E-state index in [1.54, 1.807) is 36.4 Å². The van der Waals surface area contributed by atoms with E-state index in [1.807, 2.05) is 0 Å². The minimum atomic E-state index is -3.31. The Labute approximate surface area is 144 Å². The van der Waals surface area contributed by atoms with Crippen molar-refractivity contribution in [2.45, 2.75) is 6.42 Å². The Kier molecular flexibility index (Phi) is 3.57. The Morgan fingerprint density at radius 3 is 2.72 bits per heavy atom. The van der Waals surface area contributed by atoms with E-state index in [-0.39, 0.29) is 6.79 Å². The second-order valence-electron chi connectivity index (χ2n) is 5.83. The molecule has 7 nitrogen and oxygen atoms in total. The monoisotopic (exact) mass is 361 g/mol. The number of hydrogen-bond acceptors (Lipinski definition) is 6. The van der Waals surface area contributed by atoms with Gasteiger partial charge >= 0.3 is 5.97 Å². The average Bonchev–Trinajstić information content (AvgIpc) is 3.19. The fourth-order valence-electron chi connectivity index (χ4n) is 2.95. The molecule has 0 radical (unpaired) electrons. The lowest BCUT2D eigenvalue weighted by molar-refractivity contribution is 0.0734. The smallest absolute Gasteiger partial charge is 0.343 e. The van der Waals surface area contributed by atoms with E-state index in [1.165, 1.54) is 10.6 Å². The first-order chi connectivity index (χ1) is 11.9. The number of ether oxygens (including phenoxy) is 3. The Morgan fingerprint density at radius 1 is 1.12 bits per heavy atom. The van der Waals surface area contributed by atoms with Gasteiger partial charge in [-0.15, -0.1) is 0 Å². The van der Waals surface area contributed by atoms with Crippen molar-refractivity contribution in [3.05, 3.63) is 47.5 Å². The van der Waals surface area contributed by atoms with Crippen LogP contribution in [0.25, 0.3) is 0 Å². The van der Waals surface area contributed by atoms with E-state index in [4.69, 9.17) is 14.2 Å². The molecule has 2 heterocycles. The second kappa shape index (κ2) is 5.66. The molecule has 0 aromatic heterocycles. The highest BCUT2D eigenvalue weighted by atomic mass is 32.2. The number of benzene rings is 2. The van der Waals surface area contributed by atoms with E-state index in [0.29, 0.717) is 41.5 Å². The summed E-state index contributed by atoms with van der Waals surface area (Å²) in [5.41, 5.74) is 1.79. The van der Waals surface area contributed by atoms with Gasteiger partial charge in [0.25, 0.3) is 0 Å². The molecule has 2 aromatic rings. The normalized spacial score (nSPS) is 15.2. The van der Waals surface area contributed by atoms with Crippen LogP contribution >= 0.6 is 0 Å². The van der Waals surface area contributed by atoms with Crippen molar-refractivity contribution in [2.24, 2.45) is 0 Å². The van der Waals surface area contributed by atoms with E-state index >= 15 is 0 Å². The van der Waals surface area contributed by atoms with Crippen molar-refractivity contribution >= 4 is 21.7 Å². The second-order valence-corrected chi connectivity index (χ2v) is 7.74. The first-order valence-corrected chi connectivity index (χ1v) is 9.49. The largest absolute Gasteiger partial charge is 0.454 e. The predicted octanol–water partition coefficient (Wildman–Crippen LogP) is 1.96. The molecule has 130 valence electrons. The van der Waals surface area contributed by atoms with Crippen LogP contribution in [0.4, 0.5) is 5.69 Å². The Morgan fingerprint density at radius 2 is 1.92 bits per heavy atom. The molecule has 0 aliphatic carbocycles. The summed E-state index contributed by atoms with van der Waals surface area (Å²) in [5.74, 6) is 0.980. The molecule has 8 heteroatoms. The minimum absolute atomic E-state index is 0.147. The summed E-state index contributed by atoms with van der Waals surface area (Å²) in [4.78, 5) is 12.4. The highest BCUT2D eigenvalue weighted by molar-refractivity contribution is 7.92. The third-order valence-electron chi connectivity index (χ3n) is 4.12. The molecule has 25 heavy (non-hydrogen) atoms. The SMILES string of the molecule is CS(=O)(=O)N1CCc2cc(C(=O)Oc3ccc4c(c3)OCO4)ccc21. The van der Waals surface area contributed by atoms with Crippen molar-refractivity contribution < 1.29 is 27.4 Å². The molecule has 0 amide bonds. The number of carbonyl (C=O) groups excluding carboxylic acids is 1. The van der Waals surface area contributed by atoms with Crippen LogP contribution in [0.3, 0.4) is 0 Å². The van der Waals surface area contributed by atoms with Crippen LogP contribution in [0.15, 0.2) is 36.4 Å². The molecular formula is C17H15NO6S. The zero-order chi connectivity index (χ0) is 17.6. The van der Waals surface area contributed by atoms with Gasteiger partial charge in [0.1, 0.15) is 5.75 Å². The summed E-state index contributed by atoms with van der Waals surface area (Å²) in [6.07, 6.45) is 1.73. The van der Waals surface area contributed by atoms with Gasteiger partial charge in [0.2, 0.25) is 16.8 Å². The van der Waals surface area contributed by atoms with Gasteiger partial charge in [-0.05, 0) is 42.3 Å². The van der Waals surface area contributed by atoms with Crippen LogP contribution < -0.4 is 18.5 Å². The number of hydrogen-bond donors (Lipinski definition) is 0. The number of fused-ring (bicyclic) bond motifs is 2.